The van der Waals surface area contributed by atoms with Gasteiger partial charge in [-0.05, 0) is 62.3 Å². The van der Waals surface area contributed by atoms with Crippen LogP contribution >= 0.6 is 34.8 Å². The Morgan fingerprint density at radius 1 is 0.567 bits per heavy atom. The minimum atomic E-state index is -1.14. The lowest BCUT2D eigenvalue weighted by Gasteiger charge is -2.18. The quantitative estimate of drug-likeness (QED) is 0.179. The van der Waals surface area contributed by atoms with Crippen LogP contribution in [0.5, 0.6) is 0 Å². The van der Waals surface area contributed by atoms with E-state index in [1.165, 1.54) is 33.4 Å². The number of carbonyl (C=O) groups is 4. The van der Waals surface area contributed by atoms with E-state index in [0.717, 1.165) is 34.8 Å². The number of hydrogen-bond acceptors (Lipinski definition) is 9. The summed E-state index contributed by atoms with van der Waals surface area (Å²) in [6.45, 7) is 16.9. The minimum absolute atomic E-state index is 0.0356. The van der Waals surface area contributed by atoms with Gasteiger partial charge in [0.1, 0.15) is 10.1 Å². The van der Waals surface area contributed by atoms with Gasteiger partial charge in [-0.3, -0.25) is 43.0 Å². The predicted octanol–water partition coefficient (Wildman–Crippen LogP) is 6.53. The average molecular weight is 885 g/mol. The van der Waals surface area contributed by atoms with Gasteiger partial charge in [0.15, 0.2) is 29.9 Å². The monoisotopic (exact) mass is 883 g/mol. The maximum atomic E-state index is 12.1. The number of hydrogen-bond donors (Lipinski definition) is 2. The number of aryl methyl sites for hydroxylation is 3. The Morgan fingerprint density at radius 2 is 0.950 bits per heavy atom. The van der Waals surface area contributed by atoms with Crippen molar-refractivity contribution in [2.24, 2.45) is 21.1 Å². The van der Waals surface area contributed by atoms with Crippen molar-refractivity contribution in [1.82, 2.24) is 29.3 Å². The molecule has 0 aromatic carbocycles. The number of nitrogens with zero attached hydrogens (tertiary/aromatic N) is 9. The van der Waals surface area contributed by atoms with E-state index in [4.69, 9.17) is 34.8 Å². The molecule has 6 heterocycles. The number of aliphatic hydroxyl groups is 2. The first-order valence-electron chi connectivity index (χ1n) is 19.0. The van der Waals surface area contributed by atoms with E-state index < -0.39 is 30.2 Å². The topological polar surface area (TPSA) is 172 Å². The molecule has 4 amide bonds. The summed E-state index contributed by atoms with van der Waals surface area (Å²) >= 11 is 17.6. The van der Waals surface area contributed by atoms with Gasteiger partial charge in [-0.1, -0.05) is 69.8 Å². The summed E-state index contributed by atoms with van der Waals surface area (Å²) < 4.78 is 5.07. The molecule has 3 aromatic heterocycles. The SMILES string of the molecule is CC(C)=CCc1cc(N2C(=O)C(C)=C(Cl)C2=O)nn1C.CC(C)=CCc1cc(N2C(=O)C(C)=C(Cl)C2O)nn1C.CC(C)=CCc1cc(N2C(=O)C(Cl)=C(C)C2O)nn1C. The minimum Gasteiger partial charge on any atom is -0.369 e. The molecule has 0 saturated carbocycles. The Bertz CT molecular complexity index is 2270. The Labute approximate surface area is 365 Å². The fourth-order valence-corrected chi connectivity index (χ4v) is 6.52. The van der Waals surface area contributed by atoms with E-state index in [-0.39, 0.29) is 26.6 Å². The van der Waals surface area contributed by atoms with Gasteiger partial charge < -0.3 is 10.2 Å². The van der Waals surface area contributed by atoms with Gasteiger partial charge in [-0.15, -0.1) is 0 Å². The Hall–Kier alpha value is -5.06. The van der Waals surface area contributed by atoms with Gasteiger partial charge in [0.25, 0.3) is 23.6 Å². The van der Waals surface area contributed by atoms with Crippen LogP contribution in [0.15, 0.2) is 85.0 Å². The smallest absolute Gasteiger partial charge is 0.278 e. The van der Waals surface area contributed by atoms with Crippen LogP contribution in [0, 0.1) is 0 Å². The molecule has 0 saturated heterocycles. The zero-order chi connectivity index (χ0) is 45.1. The molecule has 2 N–H and O–H groups in total. The zero-order valence-electron chi connectivity index (χ0n) is 35.9. The van der Waals surface area contributed by atoms with E-state index in [0.29, 0.717) is 35.0 Å². The van der Waals surface area contributed by atoms with Crippen LogP contribution in [-0.2, 0) is 59.6 Å². The summed E-state index contributed by atoms with van der Waals surface area (Å²) in [5.41, 5.74) is 7.53. The van der Waals surface area contributed by atoms with Crippen molar-refractivity contribution >= 4 is 75.9 Å². The number of carbonyl (C=O) groups excluding carboxylic acids is 4. The second-order valence-corrected chi connectivity index (χ2v) is 16.4. The van der Waals surface area contributed by atoms with Crippen LogP contribution in [0.25, 0.3) is 0 Å². The summed E-state index contributed by atoms with van der Waals surface area (Å²) in [6, 6.07) is 5.32. The molecule has 0 spiro atoms. The second kappa shape index (κ2) is 19.5. The number of amides is 4. The molecule has 6 rings (SSSR count). The molecule has 0 fully saturated rings. The Morgan fingerprint density at radius 3 is 1.27 bits per heavy atom. The van der Waals surface area contributed by atoms with Crippen LogP contribution in [0.1, 0.15) is 79.4 Å². The van der Waals surface area contributed by atoms with Crippen molar-refractivity contribution in [2.75, 3.05) is 14.7 Å². The van der Waals surface area contributed by atoms with Gasteiger partial charge in [-0.2, -0.15) is 15.3 Å². The van der Waals surface area contributed by atoms with Gasteiger partial charge in [0.2, 0.25) is 0 Å². The summed E-state index contributed by atoms with van der Waals surface area (Å²) in [5.74, 6) is -0.505. The average Bonchev–Trinajstić information content (AvgIpc) is 3.97. The number of anilines is 3. The molecule has 60 heavy (non-hydrogen) atoms. The van der Waals surface area contributed by atoms with E-state index in [9.17, 15) is 29.4 Å². The van der Waals surface area contributed by atoms with E-state index in [1.54, 1.807) is 53.1 Å². The van der Waals surface area contributed by atoms with E-state index in [2.05, 4.69) is 33.5 Å². The lowest BCUT2D eigenvalue weighted by Crippen LogP contribution is -2.35. The number of imide groups is 1. The number of aromatic nitrogens is 6. The molecular formula is C42H52Cl3N9O6. The van der Waals surface area contributed by atoms with Crippen molar-refractivity contribution in [3.8, 4) is 0 Å². The highest BCUT2D eigenvalue weighted by atomic mass is 35.5. The molecule has 2 atom stereocenters. The van der Waals surface area contributed by atoms with Crippen LogP contribution < -0.4 is 14.7 Å². The summed E-state index contributed by atoms with van der Waals surface area (Å²) in [6.07, 6.45) is 6.19. The summed E-state index contributed by atoms with van der Waals surface area (Å²) in [4.78, 5) is 51.5. The molecule has 0 bridgehead atoms. The summed E-state index contributed by atoms with van der Waals surface area (Å²) in [5, 5.41) is 33.1. The zero-order valence-corrected chi connectivity index (χ0v) is 38.2. The Balaban J connectivity index is 0.000000198. The van der Waals surface area contributed by atoms with E-state index >= 15 is 0 Å². The lowest BCUT2D eigenvalue weighted by atomic mass is 10.2. The predicted molar refractivity (Wildman–Crippen MR) is 234 cm³/mol. The van der Waals surface area contributed by atoms with Crippen LogP contribution in [0.2, 0.25) is 0 Å². The largest absolute Gasteiger partial charge is 0.369 e. The third-order valence-corrected chi connectivity index (χ3v) is 11.2. The van der Waals surface area contributed by atoms with Crippen molar-refractivity contribution in [3.63, 3.8) is 0 Å². The fraction of sp³-hybridized carbons (Fsp3) is 0.405. The van der Waals surface area contributed by atoms with Crippen molar-refractivity contribution in [2.45, 2.75) is 94.0 Å². The third-order valence-electron chi connectivity index (χ3n) is 9.77. The van der Waals surface area contributed by atoms with Gasteiger partial charge in [-0.25, -0.2) is 4.90 Å². The molecule has 0 aliphatic carbocycles. The maximum absolute atomic E-state index is 12.1. The first-order valence-corrected chi connectivity index (χ1v) is 20.1. The number of halogens is 3. The first-order chi connectivity index (χ1) is 28.0. The molecule has 3 aromatic rings. The van der Waals surface area contributed by atoms with Crippen molar-refractivity contribution in [1.29, 1.82) is 0 Å². The first kappa shape index (κ1) is 47.6. The number of aliphatic hydroxyl groups excluding tert-OH is 2. The number of allylic oxidation sites excluding steroid dienone is 6. The molecule has 3 aliphatic rings. The maximum Gasteiger partial charge on any atom is 0.278 e. The lowest BCUT2D eigenvalue weighted by molar-refractivity contribution is -0.120. The fourth-order valence-electron chi connectivity index (χ4n) is 5.98. The molecular weight excluding hydrogens is 833 g/mol. The van der Waals surface area contributed by atoms with Gasteiger partial charge >= 0.3 is 0 Å². The van der Waals surface area contributed by atoms with Gasteiger partial charge in [0.05, 0.1) is 5.03 Å². The van der Waals surface area contributed by atoms with Crippen LogP contribution in [0.3, 0.4) is 0 Å². The molecule has 322 valence electrons. The van der Waals surface area contributed by atoms with E-state index in [1.807, 2.05) is 55.6 Å². The van der Waals surface area contributed by atoms with Crippen molar-refractivity contribution in [3.05, 3.63) is 102 Å². The normalized spacial score (nSPS) is 17.8. The van der Waals surface area contributed by atoms with Crippen molar-refractivity contribution < 1.29 is 29.4 Å². The Kier molecular flexibility index (Phi) is 15.5. The molecule has 15 nitrogen and oxygen atoms in total. The van der Waals surface area contributed by atoms with Gasteiger partial charge in [0, 0.05) is 92.4 Å². The standard InChI is InChI=1S/2C14H18ClN3O2.C14H16ClN3O2/c3*1-8(2)5-6-10-7-11(16-17(10)4)18-13(19)9(3)12(15)14(18)20/h5,7,14,20H,6H2,1-4H3;5,7,13,19H,6H2,1-4H3;5,7H,6H2,1-4H3. The summed E-state index contributed by atoms with van der Waals surface area (Å²) in [7, 11) is 5.41. The highest BCUT2D eigenvalue weighted by Gasteiger charge is 2.40. The molecule has 3 aliphatic heterocycles. The molecule has 0 radical (unpaired) electrons. The number of rotatable bonds is 9. The van der Waals surface area contributed by atoms with Crippen LogP contribution in [-0.4, -0.2) is 75.6 Å². The molecule has 2 unspecified atom stereocenters. The third kappa shape index (κ3) is 10.3. The molecule has 18 heteroatoms. The highest BCUT2D eigenvalue weighted by Crippen LogP contribution is 2.33. The second-order valence-electron chi connectivity index (χ2n) is 15.3. The highest BCUT2D eigenvalue weighted by molar-refractivity contribution is 6.52. The van der Waals surface area contributed by atoms with Crippen LogP contribution in [0.4, 0.5) is 17.5 Å².